The molecular formula is C15H31NOS. The molecule has 0 bridgehead atoms. The van der Waals surface area contributed by atoms with Crippen molar-refractivity contribution < 1.29 is 4.74 Å². The molecule has 0 heterocycles. The zero-order valence-electron chi connectivity index (χ0n) is 12.4. The van der Waals surface area contributed by atoms with E-state index in [1.807, 2.05) is 0 Å². The fraction of sp³-hybridized carbons (Fsp3) is 1.00. The fourth-order valence-electron chi connectivity index (χ4n) is 2.63. The highest BCUT2D eigenvalue weighted by Gasteiger charge is 2.20. The Bertz CT molecular complexity index is 201. The van der Waals surface area contributed by atoms with Crippen molar-refractivity contribution in [3.63, 3.8) is 0 Å². The smallest absolute Gasteiger partial charge is 0.0477 e. The van der Waals surface area contributed by atoms with Gasteiger partial charge in [0.25, 0.3) is 0 Å². The molecule has 0 aromatic rings. The molecular weight excluding hydrogens is 242 g/mol. The number of nitrogens with one attached hydrogen (secondary N) is 1. The zero-order valence-corrected chi connectivity index (χ0v) is 13.2. The lowest BCUT2D eigenvalue weighted by molar-refractivity contribution is 0.145. The number of thioether (sulfide) groups is 1. The van der Waals surface area contributed by atoms with Crippen LogP contribution in [0.4, 0.5) is 0 Å². The molecule has 2 nitrogen and oxygen atoms in total. The third-order valence-corrected chi connectivity index (χ3v) is 5.04. The van der Waals surface area contributed by atoms with E-state index in [0.717, 1.165) is 49.1 Å². The predicted molar refractivity (Wildman–Crippen MR) is 82.5 cm³/mol. The molecule has 1 saturated carbocycles. The highest BCUT2D eigenvalue weighted by molar-refractivity contribution is 8.00. The molecule has 3 unspecified atom stereocenters. The van der Waals surface area contributed by atoms with E-state index in [0.29, 0.717) is 0 Å². The van der Waals surface area contributed by atoms with Crippen molar-refractivity contribution in [3.05, 3.63) is 0 Å². The first kappa shape index (κ1) is 16.3. The summed E-state index contributed by atoms with van der Waals surface area (Å²) >= 11 is 2.20. The lowest BCUT2D eigenvalue weighted by Gasteiger charge is -2.28. The molecule has 0 aromatic heterocycles. The van der Waals surface area contributed by atoms with Crippen molar-refractivity contribution in [2.75, 3.05) is 26.3 Å². The van der Waals surface area contributed by atoms with Crippen LogP contribution >= 0.6 is 11.8 Å². The first-order chi connectivity index (χ1) is 8.72. The summed E-state index contributed by atoms with van der Waals surface area (Å²) in [5.41, 5.74) is 0. The standard InChI is InChI=1S/C15H31NOS/c1-4-17-10-6-9-16-12-14(3)18-15-8-5-7-13(2)11-15/h13-16H,4-12H2,1-3H3. The average Bonchev–Trinajstić information content (AvgIpc) is 2.33. The third-order valence-electron chi connectivity index (χ3n) is 3.59. The second-order valence-electron chi connectivity index (χ2n) is 5.60. The molecule has 0 spiro atoms. The minimum Gasteiger partial charge on any atom is -0.382 e. The molecule has 1 N–H and O–H groups in total. The van der Waals surface area contributed by atoms with Gasteiger partial charge in [0.1, 0.15) is 0 Å². The topological polar surface area (TPSA) is 21.3 Å². The number of rotatable bonds is 9. The third kappa shape index (κ3) is 7.65. The quantitative estimate of drug-likeness (QED) is 0.647. The molecule has 3 atom stereocenters. The van der Waals surface area contributed by atoms with Gasteiger partial charge in [-0.1, -0.05) is 26.7 Å². The van der Waals surface area contributed by atoms with Crippen LogP contribution in [0.1, 0.15) is 52.9 Å². The van der Waals surface area contributed by atoms with Gasteiger partial charge in [-0.3, -0.25) is 0 Å². The van der Waals surface area contributed by atoms with E-state index >= 15 is 0 Å². The van der Waals surface area contributed by atoms with Gasteiger partial charge in [0, 0.05) is 30.3 Å². The van der Waals surface area contributed by atoms with E-state index in [1.165, 1.54) is 25.7 Å². The summed E-state index contributed by atoms with van der Waals surface area (Å²) in [6.07, 6.45) is 6.88. The van der Waals surface area contributed by atoms with Crippen molar-refractivity contribution in [3.8, 4) is 0 Å². The fourth-order valence-corrected chi connectivity index (χ4v) is 4.24. The van der Waals surface area contributed by atoms with Crippen LogP contribution in [-0.2, 0) is 4.74 Å². The van der Waals surface area contributed by atoms with Crippen LogP contribution in [0.5, 0.6) is 0 Å². The Morgan fingerprint density at radius 1 is 1.39 bits per heavy atom. The maximum atomic E-state index is 5.33. The SMILES string of the molecule is CCOCCCNCC(C)SC1CCCC(C)C1. The Balaban J connectivity index is 1.97. The molecule has 18 heavy (non-hydrogen) atoms. The molecule has 1 aliphatic rings. The van der Waals surface area contributed by atoms with Crippen LogP contribution < -0.4 is 5.32 Å². The molecule has 1 rings (SSSR count). The first-order valence-electron chi connectivity index (χ1n) is 7.66. The van der Waals surface area contributed by atoms with E-state index in [2.05, 4.69) is 37.8 Å². The minimum atomic E-state index is 0.743. The Hall–Kier alpha value is 0.270. The summed E-state index contributed by atoms with van der Waals surface area (Å²) in [4.78, 5) is 0. The summed E-state index contributed by atoms with van der Waals surface area (Å²) in [5.74, 6) is 0.947. The average molecular weight is 273 g/mol. The molecule has 108 valence electrons. The van der Waals surface area contributed by atoms with Crippen LogP contribution in [0.3, 0.4) is 0 Å². The van der Waals surface area contributed by atoms with Crippen LogP contribution in [-0.4, -0.2) is 36.8 Å². The largest absolute Gasteiger partial charge is 0.382 e. The minimum absolute atomic E-state index is 0.743. The maximum Gasteiger partial charge on any atom is 0.0477 e. The number of hydrogen-bond donors (Lipinski definition) is 1. The van der Waals surface area contributed by atoms with Crippen molar-refractivity contribution in [1.29, 1.82) is 0 Å². The molecule has 1 fully saturated rings. The number of ether oxygens (including phenoxy) is 1. The normalized spacial score (nSPS) is 26.2. The zero-order chi connectivity index (χ0) is 13.2. The molecule has 0 radical (unpaired) electrons. The van der Waals surface area contributed by atoms with Gasteiger partial charge >= 0.3 is 0 Å². The summed E-state index contributed by atoms with van der Waals surface area (Å²) in [6.45, 7) is 10.8. The van der Waals surface area contributed by atoms with Crippen LogP contribution in [0.2, 0.25) is 0 Å². The van der Waals surface area contributed by atoms with E-state index in [-0.39, 0.29) is 0 Å². The highest BCUT2D eigenvalue weighted by Crippen LogP contribution is 2.33. The van der Waals surface area contributed by atoms with Crippen molar-refractivity contribution >= 4 is 11.8 Å². The van der Waals surface area contributed by atoms with Crippen molar-refractivity contribution in [2.24, 2.45) is 5.92 Å². The Labute approximate surface area is 118 Å². The number of hydrogen-bond acceptors (Lipinski definition) is 3. The molecule has 0 aromatic carbocycles. The van der Waals surface area contributed by atoms with Gasteiger partial charge in [-0.25, -0.2) is 0 Å². The monoisotopic (exact) mass is 273 g/mol. The molecule has 3 heteroatoms. The summed E-state index contributed by atoms with van der Waals surface area (Å²) in [6, 6.07) is 0. The summed E-state index contributed by atoms with van der Waals surface area (Å²) < 4.78 is 5.33. The lowest BCUT2D eigenvalue weighted by atomic mass is 9.91. The Morgan fingerprint density at radius 2 is 2.22 bits per heavy atom. The van der Waals surface area contributed by atoms with Crippen molar-refractivity contribution in [2.45, 2.75) is 63.4 Å². The summed E-state index contributed by atoms with van der Waals surface area (Å²) in [7, 11) is 0. The Morgan fingerprint density at radius 3 is 2.94 bits per heavy atom. The molecule has 0 amide bonds. The van der Waals surface area contributed by atoms with Crippen molar-refractivity contribution in [1.82, 2.24) is 5.32 Å². The highest BCUT2D eigenvalue weighted by atomic mass is 32.2. The van der Waals surface area contributed by atoms with Gasteiger partial charge in [0.15, 0.2) is 0 Å². The van der Waals surface area contributed by atoms with E-state index < -0.39 is 0 Å². The van der Waals surface area contributed by atoms with Gasteiger partial charge in [0.05, 0.1) is 0 Å². The summed E-state index contributed by atoms with van der Waals surface area (Å²) in [5, 5.41) is 5.20. The van der Waals surface area contributed by atoms with Gasteiger partial charge in [-0.2, -0.15) is 11.8 Å². The lowest BCUT2D eigenvalue weighted by Crippen LogP contribution is -2.27. The van der Waals surface area contributed by atoms with Gasteiger partial charge in [-0.05, 0) is 38.6 Å². The van der Waals surface area contributed by atoms with Gasteiger partial charge in [-0.15, -0.1) is 0 Å². The Kier molecular flexibility index (Phi) is 9.16. The molecule has 0 aliphatic heterocycles. The predicted octanol–water partition coefficient (Wildman–Crippen LogP) is 3.70. The van der Waals surface area contributed by atoms with Crippen LogP contribution in [0, 0.1) is 5.92 Å². The van der Waals surface area contributed by atoms with E-state index in [4.69, 9.17) is 4.74 Å². The van der Waals surface area contributed by atoms with Crippen LogP contribution in [0.25, 0.3) is 0 Å². The second-order valence-corrected chi connectivity index (χ2v) is 7.34. The van der Waals surface area contributed by atoms with E-state index in [9.17, 15) is 0 Å². The first-order valence-corrected chi connectivity index (χ1v) is 8.60. The van der Waals surface area contributed by atoms with Gasteiger partial charge in [0.2, 0.25) is 0 Å². The van der Waals surface area contributed by atoms with Crippen LogP contribution in [0.15, 0.2) is 0 Å². The maximum absolute atomic E-state index is 5.33. The van der Waals surface area contributed by atoms with E-state index in [1.54, 1.807) is 0 Å². The van der Waals surface area contributed by atoms with Gasteiger partial charge < -0.3 is 10.1 Å². The molecule has 0 saturated heterocycles. The molecule has 1 aliphatic carbocycles. The second kappa shape index (κ2) is 10.1.